The fourth-order valence-electron chi connectivity index (χ4n) is 3.36. The maximum atomic E-state index is 13.1. The Morgan fingerprint density at radius 1 is 1.00 bits per heavy atom. The van der Waals surface area contributed by atoms with Crippen molar-refractivity contribution in [3.05, 3.63) is 71.3 Å². The smallest absolute Gasteiger partial charge is 0.291 e. The number of Topliss-reactive ketones (excluding diaryl/α,β-unsaturated/α-hetero) is 2. The first kappa shape index (κ1) is 18.5. The number of carbonyl (C=O) groups is 4. The van der Waals surface area contributed by atoms with Gasteiger partial charge in [-0.25, -0.2) is 0 Å². The van der Waals surface area contributed by atoms with Crippen LogP contribution in [0.25, 0.3) is 0 Å². The third-order valence-corrected chi connectivity index (χ3v) is 4.72. The molecular formula is C21H18NO5-. The first-order valence-corrected chi connectivity index (χ1v) is 8.60. The van der Waals surface area contributed by atoms with Gasteiger partial charge in [-0.2, -0.15) is 0 Å². The molecule has 2 atom stereocenters. The molecule has 1 amide bonds. The van der Waals surface area contributed by atoms with Gasteiger partial charge in [0.15, 0.2) is 5.78 Å². The summed E-state index contributed by atoms with van der Waals surface area (Å²) in [7, 11) is 0. The molecule has 1 heterocycles. The Hall–Kier alpha value is -3.28. The van der Waals surface area contributed by atoms with Crippen LogP contribution in [0.5, 0.6) is 0 Å². The van der Waals surface area contributed by atoms with Gasteiger partial charge in [0.1, 0.15) is 5.92 Å². The van der Waals surface area contributed by atoms with E-state index in [-0.39, 0.29) is 6.54 Å². The number of hydrogen-bond acceptors (Lipinski definition) is 5. The van der Waals surface area contributed by atoms with E-state index in [4.69, 9.17) is 0 Å². The number of nitrogens with zero attached hydrogens (tertiary/aromatic N) is 1. The second-order valence-corrected chi connectivity index (χ2v) is 6.55. The molecule has 0 spiro atoms. The molecule has 1 aliphatic heterocycles. The standard InChI is InChI=1S/C21H19NO5/c1-13-7-9-15(10-8-13)19(25)17-18(14-5-3-2-4-6-14)22(12-11-16(23)24)21(27)20(17)26/h2-10,17-18H,11-12H2,1H3,(H,23,24)/p-1. The minimum atomic E-state index is -1.32. The van der Waals surface area contributed by atoms with E-state index in [2.05, 4.69) is 0 Å². The van der Waals surface area contributed by atoms with E-state index in [9.17, 15) is 24.3 Å². The number of likely N-dealkylation sites (tertiary alicyclic amines) is 1. The van der Waals surface area contributed by atoms with Gasteiger partial charge in [0.25, 0.3) is 5.91 Å². The zero-order valence-corrected chi connectivity index (χ0v) is 14.8. The van der Waals surface area contributed by atoms with Gasteiger partial charge in [-0.3, -0.25) is 14.4 Å². The SMILES string of the molecule is Cc1ccc(C(=O)C2C(=O)C(=O)N(CCC(=O)[O-])C2c2ccccc2)cc1. The number of carboxylic acids is 1. The van der Waals surface area contributed by atoms with E-state index in [0.717, 1.165) is 5.56 Å². The van der Waals surface area contributed by atoms with Crippen LogP contribution in [-0.2, 0) is 14.4 Å². The summed E-state index contributed by atoms with van der Waals surface area (Å²) in [4.78, 5) is 50.2. The lowest BCUT2D eigenvalue weighted by atomic mass is 9.86. The van der Waals surface area contributed by atoms with E-state index in [1.807, 2.05) is 6.92 Å². The molecule has 1 saturated heterocycles. The third kappa shape index (κ3) is 3.65. The molecular weight excluding hydrogens is 346 g/mol. The Bertz CT molecular complexity index is 889. The highest BCUT2D eigenvalue weighted by atomic mass is 16.4. The van der Waals surface area contributed by atoms with Crippen molar-refractivity contribution in [2.24, 2.45) is 5.92 Å². The Morgan fingerprint density at radius 3 is 2.22 bits per heavy atom. The quantitative estimate of drug-likeness (QED) is 0.434. The molecule has 0 saturated carbocycles. The molecule has 0 aromatic heterocycles. The first-order chi connectivity index (χ1) is 12.9. The number of ketones is 2. The lowest BCUT2D eigenvalue weighted by molar-refractivity contribution is -0.305. The van der Waals surface area contributed by atoms with Crippen molar-refractivity contribution in [3.63, 3.8) is 0 Å². The molecule has 1 fully saturated rings. The van der Waals surface area contributed by atoms with E-state index in [1.54, 1.807) is 54.6 Å². The summed E-state index contributed by atoms with van der Waals surface area (Å²) >= 11 is 0. The summed E-state index contributed by atoms with van der Waals surface area (Å²) < 4.78 is 0. The molecule has 0 N–H and O–H groups in total. The molecule has 0 radical (unpaired) electrons. The molecule has 138 valence electrons. The van der Waals surface area contributed by atoms with Crippen LogP contribution >= 0.6 is 0 Å². The van der Waals surface area contributed by atoms with E-state index < -0.39 is 41.8 Å². The fraction of sp³-hybridized carbons (Fsp3) is 0.238. The highest BCUT2D eigenvalue weighted by Gasteiger charge is 2.51. The Kier molecular flexibility index (Phi) is 5.16. The Balaban J connectivity index is 2.02. The minimum absolute atomic E-state index is 0.190. The summed E-state index contributed by atoms with van der Waals surface area (Å²) in [6.07, 6.45) is -0.409. The van der Waals surface area contributed by atoms with Gasteiger partial charge in [0.2, 0.25) is 5.78 Å². The first-order valence-electron chi connectivity index (χ1n) is 8.60. The van der Waals surface area contributed by atoms with Crippen LogP contribution in [0.3, 0.4) is 0 Å². The number of rotatable bonds is 6. The number of carboxylic acid groups (broad SMARTS) is 1. The average molecular weight is 364 g/mol. The summed E-state index contributed by atoms with van der Waals surface area (Å²) in [6.45, 7) is 1.69. The van der Waals surface area contributed by atoms with Crippen molar-refractivity contribution in [2.45, 2.75) is 19.4 Å². The van der Waals surface area contributed by atoms with Crippen molar-refractivity contribution < 1.29 is 24.3 Å². The lowest BCUT2D eigenvalue weighted by Crippen LogP contribution is -2.35. The molecule has 27 heavy (non-hydrogen) atoms. The van der Waals surface area contributed by atoms with Gasteiger partial charge < -0.3 is 14.8 Å². The number of carbonyl (C=O) groups excluding carboxylic acids is 4. The van der Waals surface area contributed by atoms with Crippen LogP contribution in [0, 0.1) is 12.8 Å². The second-order valence-electron chi connectivity index (χ2n) is 6.55. The van der Waals surface area contributed by atoms with Gasteiger partial charge in [-0.05, 0) is 12.5 Å². The van der Waals surface area contributed by atoms with Crippen LogP contribution in [-0.4, -0.2) is 34.9 Å². The maximum Gasteiger partial charge on any atom is 0.291 e. The molecule has 6 heteroatoms. The fourth-order valence-corrected chi connectivity index (χ4v) is 3.36. The van der Waals surface area contributed by atoms with E-state index in [1.165, 1.54) is 4.90 Å². The predicted molar refractivity (Wildman–Crippen MR) is 94.5 cm³/mol. The zero-order valence-electron chi connectivity index (χ0n) is 14.8. The average Bonchev–Trinajstić information content (AvgIpc) is 2.91. The number of hydrogen-bond donors (Lipinski definition) is 0. The van der Waals surface area contributed by atoms with Gasteiger partial charge in [-0.1, -0.05) is 60.2 Å². The van der Waals surface area contributed by atoms with Crippen molar-refractivity contribution in [1.82, 2.24) is 4.90 Å². The topological polar surface area (TPSA) is 94.6 Å². The number of amides is 1. The highest BCUT2D eigenvalue weighted by molar-refractivity contribution is 6.44. The van der Waals surface area contributed by atoms with E-state index >= 15 is 0 Å². The van der Waals surface area contributed by atoms with Crippen molar-refractivity contribution in [2.75, 3.05) is 6.54 Å². The maximum absolute atomic E-state index is 13.1. The predicted octanol–water partition coefficient (Wildman–Crippen LogP) is 1.09. The molecule has 2 unspecified atom stereocenters. The van der Waals surface area contributed by atoms with Crippen molar-refractivity contribution in [3.8, 4) is 0 Å². The van der Waals surface area contributed by atoms with Gasteiger partial charge in [0.05, 0.1) is 6.04 Å². The van der Waals surface area contributed by atoms with Crippen LogP contribution in [0.4, 0.5) is 0 Å². The molecule has 2 aromatic carbocycles. The minimum Gasteiger partial charge on any atom is -0.550 e. The van der Waals surface area contributed by atoms with Gasteiger partial charge >= 0.3 is 0 Å². The van der Waals surface area contributed by atoms with Crippen LogP contribution in [0.1, 0.15) is 33.9 Å². The molecule has 1 aliphatic rings. The summed E-state index contributed by atoms with van der Waals surface area (Å²) in [6, 6.07) is 14.7. The van der Waals surface area contributed by atoms with Crippen molar-refractivity contribution >= 4 is 23.4 Å². The molecule has 6 nitrogen and oxygen atoms in total. The van der Waals surface area contributed by atoms with Crippen LogP contribution < -0.4 is 5.11 Å². The molecule has 0 bridgehead atoms. The second kappa shape index (κ2) is 7.53. The van der Waals surface area contributed by atoms with E-state index in [0.29, 0.717) is 11.1 Å². The van der Waals surface area contributed by atoms with Crippen molar-refractivity contribution in [1.29, 1.82) is 0 Å². The highest BCUT2D eigenvalue weighted by Crippen LogP contribution is 2.38. The lowest BCUT2D eigenvalue weighted by Gasteiger charge is -2.27. The summed E-state index contributed by atoms with van der Waals surface area (Å²) in [5.74, 6) is -4.62. The van der Waals surface area contributed by atoms with Gasteiger partial charge in [-0.15, -0.1) is 0 Å². The Labute approximate surface area is 156 Å². The van der Waals surface area contributed by atoms with Gasteiger partial charge in [0, 0.05) is 24.5 Å². The van der Waals surface area contributed by atoms with Crippen LogP contribution in [0.2, 0.25) is 0 Å². The molecule has 2 aromatic rings. The van der Waals surface area contributed by atoms with Crippen LogP contribution in [0.15, 0.2) is 54.6 Å². The number of benzene rings is 2. The summed E-state index contributed by atoms with van der Waals surface area (Å²) in [5.41, 5.74) is 1.92. The number of aryl methyl sites for hydroxylation is 1. The third-order valence-electron chi connectivity index (χ3n) is 4.72. The monoisotopic (exact) mass is 364 g/mol. The molecule has 0 aliphatic carbocycles. The molecule has 3 rings (SSSR count). The normalized spacial score (nSPS) is 19.4. The largest absolute Gasteiger partial charge is 0.550 e. The summed E-state index contributed by atoms with van der Waals surface area (Å²) in [5, 5.41) is 10.9. The number of aliphatic carboxylic acids is 1. The zero-order chi connectivity index (χ0) is 19.6. The Morgan fingerprint density at radius 2 is 1.63 bits per heavy atom.